The fourth-order valence-electron chi connectivity index (χ4n) is 2.05. The van der Waals surface area contributed by atoms with Gasteiger partial charge in [-0.05, 0) is 24.3 Å². The SMILES string of the molecule is CNc1ccc(S(=O)(=O)NCCN2CCSCC2)cc1. The van der Waals surface area contributed by atoms with Crippen molar-refractivity contribution in [2.75, 3.05) is 50.0 Å². The summed E-state index contributed by atoms with van der Waals surface area (Å²) in [5.41, 5.74) is 0.898. The maximum absolute atomic E-state index is 12.1. The van der Waals surface area contributed by atoms with E-state index in [4.69, 9.17) is 0 Å². The number of hydrogen-bond acceptors (Lipinski definition) is 5. The summed E-state index contributed by atoms with van der Waals surface area (Å²) >= 11 is 1.95. The minimum Gasteiger partial charge on any atom is -0.388 e. The fraction of sp³-hybridized carbons (Fsp3) is 0.538. The molecule has 0 radical (unpaired) electrons. The molecular formula is C13H21N3O2S2. The molecule has 0 saturated carbocycles. The summed E-state index contributed by atoms with van der Waals surface area (Å²) in [6, 6.07) is 6.75. The third-order valence-electron chi connectivity index (χ3n) is 3.28. The zero-order chi connectivity index (χ0) is 14.4. The number of anilines is 1. The lowest BCUT2D eigenvalue weighted by Crippen LogP contribution is -2.39. The monoisotopic (exact) mass is 315 g/mol. The third kappa shape index (κ3) is 4.37. The number of thioether (sulfide) groups is 1. The second-order valence-corrected chi connectivity index (χ2v) is 7.62. The van der Waals surface area contributed by atoms with E-state index in [0.717, 1.165) is 36.8 Å². The zero-order valence-corrected chi connectivity index (χ0v) is 13.3. The molecule has 1 aromatic carbocycles. The molecule has 0 aromatic heterocycles. The second-order valence-electron chi connectivity index (χ2n) is 4.63. The van der Waals surface area contributed by atoms with Crippen molar-refractivity contribution in [1.29, 1.82) is 0 Å². The highest BCUT2D eigenvalue weighted by Crippen LogP contribution is 2.13. The average Bonchev–Trinajstić information content (AvgIpc) is 2.48. The van der Waals surface area contributed by atoms with Crippen LogP contribution in [-0.2, 0) is 10.0 Å². The molecule has 1 heterocycles. The Labute approximate surface area is 125 Å². The van der Waals surface area contributed by atoms with Crippen LogP contribution in [-0.4, -0.2) is 58.1 Å². The van der Waals surface area contributed by atoms with Gasteiger partial charge in [-0.1, -0.05) is 0 Å². The molecule has 1 fully saturated rings. The molecule has 2 rings (SSSR count). The molecule has 0 unspecified atom stereocenters. The van der Waals surface area contributed by atoms with Crippen LogP contribution in [0, 0.1) is 0 Å². The Morgan fingerprint density at radius 2 is 1.85 bits per heavy atom. The summed E-state index contributed by atoms with van der Waals surface area (Å²) in [5, 5.41) is 2.97. The Balaban J connectivity index is 1.86. The molecular weight excluding hydrogens is 294 g/mol. The third-order valence-corrected chi connectivity index (χ3v) is 5.70. The first-order valence-electron chi connectivity index (χ1n) is 6.69. The van der Waals surface area contributed by atoms with E-state index in [1.54, 1.807) is 31.3 Å². The summed E-state index contributed by atoms with van der Waals surface area (Å²) < 4.78 is 26.9. The molecule has 1 aliphatic rings. The maximum Gasteiger partial charge on any atom is 0.240 e. The smallest absolute Gasteiger partial charge is 0.240 e. The highest BCUT2D eigenvalue weighted by Gasteiger charge is 2.15. The van der Waals surface area contributed by atoms with E-state index in [0.29, 0.717) is 11.4 Å². The first-order valence-corrected chi connectivity index (χ1v) is 9.33. The van der Waals surface area contributed by atoms with Gasteiger partial charge in [-0.3, -0.25) is 0 Å². The van der Waals surface area contributed by atoms with Gasteiger partial charge in [-0.15, -0.1) is 0 Å². The Kier molecular flexibility index (Phi) is 5.71. The van der Waals surface area contributed by atoms with Gasteiger partial charge < -0.3 is 10.2 Å². The maximum atomic E-state index is 12.1. The van der Waals surface area contributed by atoms with Crippen LogP contribution < -0.4 is 10.0 Å². The van der Waals surface area contributed by atoms with Crippen molar-refractivity contribution in [3.63, 3.8) is 0 Å². The lowest BCUT2D eigenvalue weighted by Gasteiger charge is -2.25. The van der Waals surface area contributed by atoms with Crippen LogP contribution in [0.2, 0.25) is 0 Å². The molecule has 5 nitrogen and oxygen atoms in total. The molecule has 0 bridgehead atoms. The number of nitrogens with one attached hydrogen (secondary N) is 2. The van der Waals surface area contributed by atoms with Crippen LogP contribution in [0.15, 0.2) is 29.2 Å². The lowest BCUT2D eigenvalue weighted by atomic mass is 10.3. The van der Waals surface area contributed by atoms with Crippen molar-refractivity contribution >= 4 is 27.5 Å². The van der Waals surface area contributed by atoms with Gasteiger partial charge in [-0.2, -0.15) is 11.8 Å². The van der Waals surface area contributed by atoms with Crippen molar-refractivity contribution in [1.82, 2.24) is 9.62 Å². The van der Waals surface area contributed by atoms with Crippen molar-refractivity contribution in [3.8, 4) is 0 Å². The fourth-order valence-corrected chi connectivity index (χ4v) is 4.05. The Bertz CT molecular complexity index is 511. The van der Waals surface area contributed by atoms with Crippen molar-refractivity contribution in [3.05, 3.63) is 24.3 Å². The Morgan fingerprint density at radius 1 is 1.20 bits per heavy atom. The first-order chi connectivity index (χ1) is 9.62. The van der Waals surface area contributed by atoms with Crippen molar-refractivity contribution < 1.29 is 8.42 Å². The number of hydrogen-bond donors (Lipinski definition) is 2. The minimum absolute atomic E-state index is 0.311. The summed E-state index contributed by atoms with van der Waals surface area (Å²) in [7, 11) is -1.59. The number of rotatable bonds is 6. The molecule has 0 atom stereocenters. The first kappa shape index (κ1) is 15.6. The van der Waals surface area contributed by atoms with Gasteiger partial charge >= 0.3 is 0 Å². The summed E-state index contributed by atoms with van der Waals surface area (Å²) in [6.45, 7) is 3.32. The van der Waals surface area contributed by atoms with Crippen LogP contribution in [0.1, 0.15) is 0 Å². The number of nitrogens with zero attached hydrogens (tertiary/aromatic N) is 1. The molecule has 0 aliphatic carbocycles. The van der Waals surface area contributed by atoms with Gasteiger partial charge in [0.2, 0.25) is 10.0 Å². The highest BCUT2D eigenvalue weighted by molar-refractivity contribution is 7.99. The average molecular weight is 315 g/mol. The Hall–Kier alpha value is -0.760. The van der Waals surface area contributed by atoms with Crippen LogP contribution in [0.3, 0.4) is 0 Å². The van der Waals surface area contributed by atoms with E-state index < -0.39 is 10.0 Å². The molecule has 7 heteroatoms. The van der Waals surface area contributed by atoms with Crippen molar-refractivity contribution in [2.45, 2.75) is 4.90 Å². The highest BCUT2D eigenvalue weighted by atomic mass is 32.2. The number of sulfonamides is 1. The van der Waals surface area contributed by atoms with Crippen LogP contribution in [0.4, 0.5) is 5.69 Å². The summed E-state index contributed by atoms with van der Waals surface area (Å²) in [5.74, 6) is 2.27. The van der Waals surface area contributed by atoms with E-state index in [9.17, 15) is 8.42 Å². The van der Waals surface area contributed by atoms with Crippen LogP contribution in [0.25, 0.3) is 0 Å². The van der Waals surface area contributed by atoms with E-state index >= 15 is 0 Å². The molecule has 0 amide bonds. The number of benzene rings is 1. The molecule has 2 N–H and O–H groups in total. The molecule has 1 saturated heterocycles. The summed E-state index contributed by atoms with van der Waals surface area (Å²) in [4.78, 5) is 2.61. The van der Waals surface area contributed by atoms with Crippen LogP contribution >= 0.6 is 11.8 Å². The van der Waals surface area contributed by atoms with Gasteiger partial charge in [0.15, 0.2) is 0 Å². The standard InChI is InChI=1S/C13H21N3O2S2/c1-14-12-2-4-13(5-3-12)20(17,18)15-6-7-16-8-10-19-11-9-16/h2-5,14-15H,6-11H2,1H3. The lowest BCUT2D eigenvalue weighted by molar-refractivity contribution is 0.307. The topological polar surface area (TPSA) is 61.4 Å². The summed E-state index contributed by atoms with van der Waals surface area (Å²) in [6.07, 6.45) is 0. The normalized spacial score (nSPS) is 17.1. The molecule has 0 spiro atoms. The minimum atomic E-state index is -3.40. The second kappa shape index (κ2) is 7.31. The van der Waals surface area contributed by atoms with E-state index in [-0.39, 0.29) is 0 Å². The predicted octanol–water partition coefficient (Wildman–Crippen LogP) is 1.06. The molecule has 1 aromatic rings. The van der Waals surface area contributed by atoms with E-state index in [1.807, 2.05) is 11.8 Å². The van der Waals surface area contributed by atoms with Crippen LogP contribution in [0.5, 0.6) is 0 Å². The molecule has 20 heavy (non-hydrogen) atoms. The van der Waals surface area contributed by atoms with E-state index in [2.05, 4.69) is 14.9 Å². The molecule has 112 valence electrons. The van der Waals surface area contributed by atoms with Gasteiger partial charge in [0.05, 0.1) is 4.90 Å². The largest absolute Gasteiger partial charge is 0.388 e. The van der Waals surface area contributed by atoms with Gasteiger partial charge in [-0.25, -0.2) is 13.1 Å². The van der Waals surface area contributed by atoms with E-state index in [1.165, 1.54) is 0 Å². The van der Waals surface area contributed by atoms with Gasteiger partial charge in [0, 0.05) is 50.4 Å². The predicted molar refractivity (Wildman–Crippen MR) is 84.9 cm³/mol. The Morgan fingerprint density at radius 3 is 2.45 bits per heavy atom. The zero-order valence-electron chi connectivity index (χ0n) is 11.6. The molecule has 1 aliphatic heterocycles. The quantitative estimate of drug-likeness (QED) is 0.822. The van der Waals surface area contributed by atoms with Gasteiger partial charge in [0.1, 0.15) is 0 Å². The van der Waals surface area contributed by atoms with Gasteiger partial charge in [0.25, 0.3) is 0 Å². The van der Waals surface area contributed by atoms with Crippen molar-refractivity contribution in [2.24, 2.45) is 0 Å².